The molecule has 1 saturated heterocycles. The van der Waals surface area contributed by atoms with Crippen LogP contribution in [0.15, 0.2) is 42.1 Å². The van der Waals surface area contributed by atoms with Crippen molar-refractivity contribution in [2.24, 2.45) is 0 Å². The summed E-state index contributed by atoms with van der Waals surface area (Å²) in [5, 5.41) is 4.95. The molecule has 3 rings (SSSR count). The summed E-state index contributed by atoms with van der Waals surface area (Å²) in [6.07, 6.45) is 1.45. The minimum absolute atomic E-state index is 0.0945. The van der Waals surface area contributed by atoms with E-state index in [9.17, 15) is 14.0 Å². The van der Waals surface area contributed by atoms with Gasteiger partial charge in [-0.2, -0.15) is 0 Å². The van der Waals surface area contributed by atoms with Crippen LogP contribution in [0, 0.1) is 5.82 Å². The maximum absolute atomic E-state index is 12.9. The Bertz CT molecular complexity index is 859. The van der Waals surface area contributed by atoms with Crippen molar-refractivity contribution in [2.75, 3.05) is 0 Å². The van der Waals surface area contributed by atoms with Crippen LogP contribution in [0.25, 0.3) is 6.08 Å². The highest BCUT2D eigenvalue weighted by Crippen LogP contribution is 2.35. The van der Waals surface area contributed by atoms with Gasteiger partial charge < -0.3 is 10.1 Å². The summed E-state index contributed by atoms with van der Waals surface area (Å²) < 4.78 is 18.5. The van der Waals surface area contributed by atoms with Crippen molar-refractivity contribution >= 4 is 41.2 Å². The topological polar surface area (TPSA) is 67.4 Å². The Labute approximate surface area is 152 Å². The van der Waals surface area contributed by atoms with E-state index in [1.165, 1.54) is 18.2 Å². The molecule has 0 radical (unpaired) electrons. The highest BCUT2D eigenvalue weighted by molar-refractivity contribution is 6.37. The third-order valence-corrected chi connectivity index (χ3v) is 3.91. The van der Waals surface area contributed by atoms with E-state index < -0.39 is 11.9 Å². The van der Waals surface area contributed by atoms with E-state index in [4.69, 9.17) is 27.9 Å². The number of amides is 3. The highest BCUT2D eigenvalue weighted by Gasteiger charge is 2.23. The standard InChI is InChI=1S/C17H11Cl2FN2O3/c18-12-5-10(7-14-16(23)22-17(24)21-14)6-13(19)15(12)25-8-9-1-3-11(20)4-2-9/h1-7H,8H2,(H2,21,22,23,24)/b14-7-. The van der Waals surface area contributed by atoms with Crippen molar-refractivity contribution in [3.8, 4) is 5.75 Å². The van der Waals surface area contributed by atoms with Gasteiger partial charge in [-0.05, 0) is 41.5 Å². The van der Waals surface area contributed by atoms with E-state index in [1.807, 2.05) is 0 Å². The van der Waals surface area contributed by atoms with Gasteiger partial charge in [0.2, 0.25) is 0 Å². The van der Waals surface area contributed by atoms with Crippen LogP contribution in [0.3, 0.4) is 0 Å². The van der Waals surface area contributed by atoms with Gasteiger partial charge in [-0.15, -0.1) is 0 Å². The normalized spacial score (nSPS) is 15.2. The number of rotatable bonds is 4. The Morgan fingerprint density at radius 2 is 1.68 bits per heavy atom. The molecule has 8 heteroatoms. The van der Waals surface area contributed by atoms with Gasteiger partial charge in [-0.25, -0.2) is 9.18 Å². The first-order valence-electron chi connectivity index (χ1n) is 7.12. The second kappa shape index (κ2) is 7.13. The third-order valence-electron chi connectivity index (χ3n) is 3.35. The minimum atomic E-state index is -0.590. The molecule has 1 heterocycles. The number of carbonyl (C=O) groups is 2. The number of hydrogen-bond acceptors (Lipinski definition) is 3. The van der Waals surface area contributed by atoms with E-state index in [0.717, 1.165) is 5.56 Å². The lowest BCUT2D eigenvalue weighted by Gasteiger charge is -2.11. The van der Waals surface area contributed by atoms with Crippen LogP contribution in [-0.2, 0) is 11.4 Å². The van der Waals surface area contributed by atoms with Gasteiger partial charge in [-0.3, -0.25) is 10.1 Å². The largest absolute Gasteiger partial charge is 0.486 e. The molecule has 1 aliphatic rings. The number of imide groups is 1. The molecule has 0 spiro atoms. The van der Waals surface area contributed by atoms with Crippen LogP contribution >= 0.6 is 23.2 Å². The van der Waals surface area contributed by atoms with E-state index in [-0.39, 0.29) is 33.9 Å². The average molecular weight is 381 g/mol. The number of nitrogens with one attached hydrogen (secondary N) is 2. The smallest absolute Gasteiger partial charge is 0.326 e. The molecule has 0 aliphatic carbocycles. The predicted molar refractivity (Wildman–Crippen MR) is 91.8 cm³/mol. The Kier molecular flexibility index (Phi) is 4.92. The van der Waals surface area contributed by atoms with E-state index >= 15 is 0 Å². The Balaban J connectivity index is 1.78. The Morgan fingerprint density at radius 3 is 2.24 bits per heavy atom. The van der Waals surface area contributed by atoms with Crippen LogP contribution in [0.4, 0.5) is 9.18 Å². The second-order valence-electron chi connectivity index (χ2n) is 5.20. The highest BCUT2D eigenvalue weighted by atomic mass is 35.5. The third kappa shape index (κ3) is 4.10. The van der Waals surface area contributed by atoms with Crippen molar-refractivity contribution in [3.05, 3.63) is 69.1 Å². The van der Waals surface area contributed by atoms with Gasteiger partial charge >= 0.3 is 6.03 Å². The lowest BCUT2D eigenvalue weighted by atomic mass is 10.1. The van der Waals surface area contributed by atoms with Gasteiger partial charge in [0, 0.05) is 0 Å². The fraction of sp³-hybridized carbons (Fsp3) is 0.0588. The molecule has 2 aromatic rings. The number of ether oxygens (including phenoxy) is 1. The summed E-state index contributed by atoms with van der Waals surface area (Å²) in [7, 11) is 0. The summed E-state index contributed by atoms with van der Waals surface area (Å²) in [6, 6.07) is 8.37. The van der Waals surface area contributed by atoms with Crippen LogP contribution in [0.2, 0.25) is 10.0 Å². The minimum Gasteiger partial charge on any atom is -0.486 e. The fourth-order valence-electron chi connectivity index (χ4n) is 2.19. The van der Waals surface area contributed by atoms with Crippen molar-refractivity contribution in [2.45, 2.75) is 6.61 Å². The van der Waals surface area contributed by atoms with Crippen LogP contribution in [0.5, 0.6) is 5.75 Å². The fourth-order valence-corrected chi connectivity index (χ4v) is 2.80. The van der Waals surface area contributed by atoms with Gasteiger partial charge in [0.25, 0.3) is 5.91 Å². The number of hydrogen-bond donors (Lipinski definition) is 2. The molecule has 2 N–H and O–H groups in total. The molecule has 1 aliphatic heterocycles. The molecule has 0 aromatic heterocycles. The van der Waals surface area contributed by atoms with Crippen LogP contribution in [0.1, 0.15) is 11.1 Å². The average Bonchev–Trinajstić information content (AvgIpc) is 2.86. The molecule has 128 valence electrons. The first-order valence-corrected chi connectivity index (χ1v) is 7.88. The lowest BCUT2D eigenvalue weighted by molar-refractivity contribution is -0.115. The second-order valence-corrected chi connectivity index (χ2v) is 6.01. The van der Waals surface area contributed by atoms with Gasteiger partial charge in [0.15, 0.2) is 5.75 Å². The van der Waals surface area contributed by atoms with Gasteiger partial charge in [-0.1, -0.05) is 35.3 Å². The SMILES string of the molecule is O=C1NC(=O)/C(=C/c2cc(Cl)c(OCc3ccc(F)cc3)c(Cl)c2)N1. The molecular formula is C17H11Cl2FN2O3. The molecule has 25 heavy (non-hydrogen) atoms. The van der Waals surface area contributed by atoms with E-state index in [2.05, 4.69) is 10.6 Å². The van der Waals surface area contributed by atoms with Crippen molar-refractivity contribution < 1.29 is 18.7 Å². The summed E-state index contributed by atoms with van der Waals surface area (Å²) in [6.45, 7) is 0.165. The molecule has 1 fully saturated rings. The summed E-state index contributed by atoms with van der Waals surface area (Å²) in [5.41, 5.74) is 1.37. The van der Waals surface area contributed by atoms with E-state index in [0.29, 0.717) is 5.56 Å². The predicted octanol–water partition coefficient (Wildman–Crippen LogP) is 3.89. The summed E-state index contributed by atoms with van der Waals surface area (Å²) in [5.74, 6) is -0.594. The maximum atomic E-state index is 12.9. The molecule has 0 bridgehead atoms. The number of benzene rings is 2. The molecule has 0 saturated carbocycles. The monoisotopic (exact) mass is 380 g/mol. The van der Waals surface area contributed by atoms with Crippen LogP contribution < -0.4 is 15.4 Å². The molecule has 0 atom stereocenters. The number of carbonyl (C=O) groups excluding carboxylic acids is 2. The zero-order valence-corrected chi connectivity index (χ0v) is 14.1. The van der Waals surface area contributed by atoms with Crippen molar-refractivity contribution in [3.63, 3.8) is 0 Å². The first kappa shape index (κ1) is 17.3. The number of urea groups is 1. The molecular weight excluding hydrogens is 370 g/mol. The van der Waals surface area contributed by atoms with Crippen molar-refractivity contribution in [1.29, 1.82) is 0 Å². The molecule has 2 aromatic carbocycles. The summed E-state index contributed by atoms with van der Waals surface area (Å²) in [4.78, 5) is 22.6. The quantitative estimate of drug-likeness (QED) is 0.624. The van der Waals surface area contributed by atoms with Gasteiger partial charge in [0.05, 0.1) is 10.0 Å². The zero-order valence-electron chi connectivity index (χ0n) is 12.6. The number of halogens is 3. The molecule has 0 unspecified atom stereocenters. The first-order chi connectivity index (χ1) is 11.9. The lowest BCUT2D eigenvalue weighted by Crippen LogP contribution is -2.22. The van der Waals surface area contributed by atoms with E-state index in [1.54, 1.807) is 24.3 Å². The van der Waals surface area contributed by atoms with Crippen molar-refractivity contribution in [1.82, 2.24) is 10.6 Å². The molecule has 3 amide bonds. The Morgan fingerprint density at radius 1 is 1.04 bits per heavy atom. The molecule has 5 nitrogen and oxygen atoms in total. The van der Waals surface area contributed by atoms with Gasteiger partial charge in [0.1, 0.15) is 18.1 Å². The Hall–Kier alpha value is -2.57. The van der Waals surface area contributed by atoms with Crippen LogP contribution in [-0.4, -0.2) is 11.9 Å². The zero-order chi connectivity index (χ0) is 18.0. The maximum Gasteiger partial charge on any atom is 0.326 e. The summed E-state index contributed by atoms with van der Waals surface area (Å²) >= 11 is 12.4.